The number of hydrogen-bond acceptors (Lipinski definition) is 3. The molecule has 0 radical (unpaired) electrons. The molecule has 34 heavy (non-hydrogen) atoms. The Bertz CT molecular complexity index is 1250. The van der Waals surface area contributed by atoms with E-state index in [1.54, 1.807) is 35.1 Å². The molecule has 0 bridgehead atoms. The molecule has 0 atom stereocenters. The molecule has 7 heteroatoms. The maximum Gasteiger partial charge on any atom is 0.262 e. The molecule has 1 aromatic heterocycles. The van der Waals surface area contributed by atoms with Crippen molar-refractivity contribution in [2.45, 2.75) is 32.9 Å². The summed E-state index contributed by atoms with van der Waals surface area (Å²) in [6.45, 7) is 4.67. The van der Waals surface area contributed by atoms with Gasteiger partial charge in [0.05, 0.1) is 6.54 Å². The van der Waals surface area contributed by atoms with Crippen LogP contribution in [0.1, 0.15) is 46.8 Å². The fourth-order valence-corrected chi connectivity index (χ4v) is 3.41. The number of ether oxygens (including phenoxy) is 1. The number of amides is 1. The molecule has 3 aromatic carbocycles. The molecule has 0 saturated carbocycles. The molecule has 5 nitrogen and oxygen atoms in total. The zero-order valence-electron chi connectivity index (χ0n) is 19.0. The lowest BCUT2D eigenvalue weighted by atomic mass is 10.0. The van der Waals surface area contributed by atoms with Crippen LogP contribution in [-0.4, -0.2) is 15.7 Å². The van der Waals surface area contributed by atoms with Crippen LogP contribution in [0.25, 0.3) is 0 Å². The number of anilines is 1. The molecule has 1 N–H and O–H groups in total. The molecule has 0 unspecified atom stereocenters. The molecule has 174 valence electrons. The van der Waals surface area contributed by atoms with E-state index in [1.807, 2.05) is 24.3 Å². The van der Waals surface area contributed by atoms with E-state index in [0.29, 0.717) is 18.2 Å². The van der Waals surface area contributed by atoms with E-state index in [0.717, 1.165) is 11.1 Å². The van der Waals surface area contributed by atoms with Crippen molar-refractivity contribution in [3.8, 4) is 5.88 Å². The summed E-state index contributed by atoms with van der Waals surface area (Å²) in [5, 5.41) is 7.31. The van der Waals surface area contributed by atoms with Gasteiger partial charge in [-0.3, -0.25) is 9.48 Å². The first-order chi connectivity index (χ1) is 16.4. The van der Waals surface area contributed by atoms with Gasteiger partial charge in [-0.2, -0.15) is 0 Å². The van der Waals surface area contributed by atoms with Crippen molar-refractivity contribution in [3.05, 3.63) is 113 Å². The van der Waals surface area contributed by atoms with Gasteiger partial charge in [0.2, 0.25) is 5.88 Å². The lowest BCUT2D eigenvalue weighted by Crippen LogP contribution is -2.13. The zero-order chi connectivity index (χ0) is 24.1. The Balaban J connectivity index is 1.55. The quantitative estimate of drug-likeness (QED) is 0.342. The van der Waals surface area contributed by atoms with Crippen LogP contribution in [0.2, 0.25) is 0 Å². The molecule has 0 saturated heterocycles. The third-order valence-electron chi connectivity index (χ3n) is 5.35. The van der Waals surface area contributed by atoms with Crippen molar-refractivity contribution in [2.75, 3.05) is 5.32 Å². The van der Waals surface area contributed by atoms with Gasteiger partial charge in [-0.15, -0.1) is 5.10 Å². The van der Waals surface area contributed by atoms with E-state index in [2.05, 4.69) is 24.3 Å². The SMILES string of the molecule is CC(C)c1ccc(NC(=O)c2cn(Cc3ccc(F)cc3)nc2OCc2ccc(F)cc2)cc1. The summed E-state index contributed by atoms with van der Waals surface area (Å²) in [5.41, 5.74) is 3.66. The normalized spacial score (nSPS) is 11.0. The highest BCUT2D eigenvalue weighted by molar-refractivity contribution is 6.05. The molecule has 0 aliphatic rings. The van der Waals surface area contributed by atoms with Gasteiger partial charge in [-0.05, 0) is 59.0 Å². The van der Waals surface area contributed by atoms with Crippen LogP contribution in [0.15, 0.2) is 79.0 Å². The number of nitrogens with one attached hydrogen (secondary N) is 1. The van der Waals surface area contributed by atoms with E-state index in [-0.39, 0.29) is 35.6 Å². The van der Waals surface area contributed by atoms with Crippen molar-refractivity contribution in [1.82, 2.24) is 9.78 Å². The molecule has 0 spiro atoms. The molecule has 0 aliphatic carbocycles. The Kier molecular flexibility index (Phi) is 7.01. The van der Waals surface area contributed by atoms with Gasteiger partial charge in [-0.25, -0.2) is 8.78 Å². The summed E-state index contributed by atoms with van der Waals surface area (Å²) in [6.07, 6.45) is 1.60. The fourth-order valence-electron chi connectivity index (χ4n) is 3.41. The molecule has 0 aliphatic heterocycles. The van der Waals surface area contributed by atoms with Gasteiger partial charge in [0.1, 0.15) is 23.8 Å². The molecule has 1 heterocycles. The van der Waals surface area contributed by atoms with Crippen LogP contribution in [0.5, 0.6) is 5.88 Å². The average Bonchev–Trinajstić information content (AvgIpc) is 3.23. The highest BCUT2D eigenvalue weighted by Gasteiger charge is 2.19. The standard InChI is InChI=1S/C27H25F2N3O2/c1-18(2)21-7-13-24(14-8-21)30-26(33)25-16-32(15-19-3-9-22(28)10-4-19)31-27(25)34-17-20-5-11-23(29)12-6-20/h3-14,16,18H,15,17H2,1-2H3,(H,30,33). The minimum atomic E-state index is -0.364. The number of rotatable bonds is 8. The predicted octanol–water partition coefficient (Wildman–Crippen LogP) is 6.16. The Morgan fingerprint density at radius 1 is 0.912 bits per heavy atom. The number of halogens is 2. The number of aromatic nitrogens is 2. The Morgan fingerprint density at radius 3 is 2.09 bits per heavy atom. The number of carbonyl (C=O) groups excluding carboxylic acids is 1. The second-order valence-corrected chi connectivity index (χ2v) is 8.32. The summed E-state index contributed by atoms with van der Waals surface area (Å²) < 4.78 is 33.8. The predicted molar refractivity (Wildman–Crippen MR) is 127 cm³/mol. The van der Waals surface area contributed by atoms with Crippen LogP contribution in [0, 0.1) is 11.6 Å². The first-order valence-electron chi connectivity index (χ1n) is 11.0. The van der Waals surface area contributed by atoms with Gasteiger partial charge in [0, 0.05) is 11.9 Å². The van der Waals surface area contributed by atoms with E-state index in [4.69, 9.17) is 4.74 Å². The third kappa shape index (κ3) is 5.86. The third-order valence-corrected chi connectivity index (χ3v) is 5.35. The Labute approximate surface area is 197 Å². The number of carbonyl (C=O) groups is 1. The van der Waals surface area contributed by atoms with Gasteiger partial charge in [0.25, 0.3) is 5.91 Å². The summed E-state index contributed by atoms with van der Waals surface area (Å²) in [7, 11) is 0. The lowest BCUT2D eigenvalue weighted by molar-refractivity contribution is 0.102. The van der Waals surface area contributed by atoms with Crippen molar-refractivity contribution in [3.63, 3.8) is 0 Å². The first kappa shape index (κ1) is 23.2. The first-order valence-corrected chi connectivity index (χ1v) is 11.0. The highest BCUT2D eigenvalue weighted by Crippen LogP contribution is 2.22. The second kappa shape index (κ2) is 10.3. The summed E-state index contributed by atoms with van der Waals surface area (Å²) in [5.74, 6) is -0.479. The molecule has 4 aromatic rings. The summed E-state index contributed by atoms with van der Waals surface area (Å²) in [6, 6.07) is 19.7. The number of nitrogens with zero attached hydrogens (tertiary/aromatic N) is 2. The summed E-state index contributed by atoms with van der Waals surface area (Å²) in [4.78, 5) is 13.1. The van der Waals surface area contributed by atoms with Crippen molar-refractivity contribution < 1.29 is 18.3 Å². The molecule has 4 rings (SSSR count). The Hall–Kier alpha value is -4.00. The van der Waals surface area contributed by atoms with Gasteiger partial charge in [0.15, 0.2) is 0 Å². The average molecular weight is 462 g/mol. The van der Waals surface area contributed by atoms with Gasteiger partial charge >= 0.3 is 0 Å². The zero-order valence-corrected chi connectivity index (χ0v) is 19.0. The van der Waals surface area contributed by atoms with E-state index in [1.165, 1.54) is 29.8 Å². The lowest BCUT2D eigenvalue weighted by Gasteiger charge is -2.09. The number of benzene rings is 3. The minimum absolute atomic E-state index is 0.122. The topological polar surface area (TPSA) is 56.2 Å². The number of hydrogen-bond donors (Lipinski definition) is 1. The van der Waals surface area contributed by atoms with Crippen molar-refractivity contribution in [2.24, 2.45) is 0 Å². The van der Waals surface area contributed by atoms with E-state index < -0.39 is 0 Å². The second-order valence-electron chi connectivity index (χ2n) is 8.32. The molecule has 1 amide bonds. The van der Waals surface area contributed by atoms with Crippen molar-refractivity contribution >= 4 is 11.6 Å². The largest absolute Gasteiger partial charge is 0.471 e. The molecular formula is C27H25F2N3O2. The minimum Gasteiger partial charge on any atom is -0.471 e. The summed E-state index contributed by atoms with van der Waals surface area (Å²) >= 11 is 0. The monoisotopic (exact) mass is 461 g/mol. The van der Waals surface area contributed by atoms with Crippen molar-refractivity contribution in [1.29, 1.82) is 0 Å². The van der Waals surface area contributed by atoms with Crippen LogP contribution in [0.3, 0.4) is 0 Å². The van der Waals surface area contributed by atoms with Gasteiger partial charge < -0.3 is 10.1 Å². The van der Waals surface area contributed by atoms with Crippen LogP contribution in [-0.2, 0) is 13.2 Å². The molecular weight excluding hydrogens is 436 g/mol. The highest BCUT2D eigenvalue weighted by atomic mass is 19.1. The maximum absolute atomic E-state index is 13.2. The Morgan fingerprint density at radius 2 is 1.50 bits per heavy atom. The van der Waals surface area contributed by atoms with Crippen LogP contribution in [0.4, 0.5) is 14.5 Å². The van der Waals surface area contributed by atoms with E-state index >= 15 is 0 Å². The maximum atomic E-state index is 13.2. The van der Waals surface area contributed by atoms with Crippen LogP contribution >= 0.6 is 0 Å². The smallest absolute Gasteiger partial charge is 0.262 e. The fraction of sp³-hybridized carbons (Fsp3) is 0.185. The van der Waals surface area contributed by atoms with E-state index in [9.17, 15) is 13.6 Å². The van der Waals surface area contributed by atoms with Crippen LogP contribution < -0.4 is 10.1 Å². The molecule has 0 fully saturated rings. The van der Waals surface area contributed by atoms with Gasteiger partial charge in [-0.1, -0.05) is 50.2 Å².